The van der Waals surface area contributed by atoms with Crippen molar-refractivity contribution in [3.63, 3.8) is 0 Å². The van der Waals surface area contributed by atoms with Crippen molar-refractivity contribution >= 4 is 23.5 Å². The highest BCUT2D eigenvalue weighted by molar-refractivity contribution is 6.34. The van der Waals surface area contributed by atoms with Gasteiger partial charge in [-0.15, -0.1) is 5.10 Å². The summed E-state index contributed by atoms with van der Waals surface area (Å²) >= 11 is 6.07. The Morgan fingerprint density at radius 2 is 2.16 bits per heavy atom. The van der Waals surface area contributed by atoms with Gasteiger partial charge in [0.05, 0.1) is 12.3 Å². The Morgan fingerprint density at radius 3 is 2.74 bits per heavy atom. The van der Waals surface area contributed by atoms with E-state index in [1.54, 1.807) is 19.1 Å². The number of hydrogen-bond donors (Lipinski definition) is 2. The van der Waals surface area contributed by atoms with Crippen molar-refractivity contribution < 1.29 is 14.6 Å². The van der Waals surface area contributed by atoms with Gasteiger partial charge >= 0.3 is 6.09 Å². The summed E-state index contributed by atoms with van der Waals surface area (Å²) in [4.78, 5) is 10.8. The van der Waals surface area contributed by atoms with E-state index in [1.807, 2.05) is 18.2 Å². The topological polar surface area (TPSA) is 76.4 Å². The van der Waals surface area contributed by atoms with Gasteiger partial charge in [0.2, 0.25) is 0 Å². The lowest BCUT2D eigenvalue weighted by Gasteiger charge is -2.06. The number of benzene rings is 1. The van der Waals surface area contributed by atoms with E-state index in [4.69, 9.17) is 21.4 Å². The Bertz CT molecular complexity index is 583. The fourth-order valence-electron chi connectivity index (χ4n) is 1.57. The minimum Gasteiger partial charge on any atom is -0.476 e. The van der Waals surface area contributed by atoms with Gasteiger partial charge in [0, 0.05) is 0 Å². The molecule has 0 aliphatic rings. The van der Waals surface area contributed by atoms with Crippen molar-refractivity contribution in [2.45, 2.75) is 6.92 Å². The van der Waals surface area contributed by atoms with Crippen molar-refractivity contribution in [2.75, 3.05) is 11.9 Å². The molecule has 2 rings (SSSR count). The molecule has 1 aromatic carbocycles. The van der Waals surface area contributed by atoms with E-state index in [2.05, 4.69) is 10.4 Å². The molecule has 0 spiro atoms. The van der Waals surface area contributed by atoms with E-state index < -0.39 is 6.09 Å². The normalized spacial score (nSPS) is 10.2. The van der Waals surface area contributed by atoms with Gasteiger partial charge in [-0.05, 0) is 19.1 Å². The number of para-hydroxylation sites is 1. The Hall–Kier alpha value is -2.21. The van der Waals surface area contributed by atoms with E-state index in [1.165, 1.54) is 4.68 Å². The molecule has 0 fully saturated rings. The molecule has 0 radical (unpaired) electrons. The number of anilines is 1. The second-order valence-electron chi connectivity index (χ2n) is 3.58. The lowest BCUT2D eigenvalue weighted by atomic mass is 10.3. The smallest absolute Gasteiger partial charge is 0.410 e. The van der Waals surface area contributed by atoms with Crippen LogP contribution in [0, 0.1) is 0 Å². The second-order valence-corrected chi connectivity index (χ2v) is 3.96. The number of aromatic nitrogens is 2. The van der Waals surface area contributed by atoms with E-state index in [0.29, 0.717) is 12.3 Å². The Labute approximate surface area is 114 Å². The zero-order chi connectivity index (χ0) is 13.8. The van der Waals surface area contributed by atoms with Gasteiger partial charge in [-0.25, -0.2) is 9.48 Å². The number of nitrogens with zero attached hydrogens (tertiary/aromatic N) is 2. The maximum atomic E-state index is 10.8. The minimum absolute atomic E-state index is 0.133. The summed E-state index contributed by atoms with van der Waals surface area (Å²) in [6.07, 6.45) is -1.22. The summed E-state index contributed by atoms with van der Waals surface area (Å²) in [5.74, 6) is 0.348. The van der Waals surface area contributed by atoms with E-state index >= 15 is 0 Å². The summed E-state index contributed by atoms with van der Waals surface area (Å²) < 4.78 is 6.65. The number of halogens is 1. The molecular weight excluding hydrogens is 270 g/mol. The zero-order valence-corrected chi connectivity index (χ0v) is 10.9. The fourth-order valence-corrected chi connectivity index (χ4v) is 1.79. The minimum atomic E-state index is -1.22. The molecule has 0 bridgehead atoms. The average molecular weight is 282 g/mol. The molecule has 7 heteroatoms. The first-order valence-corrected chi connectivity index (χ1v) is 5.98. The summed E-state index contributed by atoms with van der Waals surface area (Å²) in [7, 11) is 0. The van der Waals surface area contributed by atoms with Gasteiger partial charge in [-0.2, -0.15) is 0 Å². The van der Waals surface area contributed by atoms with E-state index in [0.717, 1.165) is 0 Å². The van der Waals surface area contributed by atoms with Crippen LogP contribution in [0.4, 0.5) is 10.6 Å². The van der Waals surface area contributed by atoms with Crippen LogP contribution in [0.5, 0.6) is 5.88 Å². The molecule has 100 valence electrons. The third kappa shape index (κ3) is 2.79. The molecule has 0 aliphatic carbocycles. The van der Waals surface area contributed by atoms with Crippen LogP contribution in [-0.2, 0) is 0 Å². The van der Waals surface area contributed by atoms with E-state index in [9.17, 15) is 4.79 Å². The molecule has 0 saturated carbocycles. The Balaban J connectivity index is 2.52. The first-order chi connectivity index (χ1) is 9.13. The van der Waals surface area contributed by atoms with Gasteiger partial charge in [-0.3, -0.25) is 5.32 Å². The summed E-state index contributed by atoms with van der Waals surface area (Å²) in [5.41, 5.74) is 0.680. The van der Waals surface area contributed by atoms with Crippen LogP contribution in [0.1, 0.15) is 6.92 Å². The van der Waals surface area contributed by atoms with Crippen molar-refractivity contribution in [3.8, 4) is 11.6 Å². The highest BCUT2D eigenvalue weighted by atomic mass is 35.5. The highest BCUT2D eigenvalue weighted by Crippen LogP contribution is 2.33. The number of amides is 1. The van der Waals surface area contributed by atoms with Crippen LogP contribution in [0.15, 0.2) is 30.3 Å². The second kappa shape index (κ2) is 5.62. The first-order valence-electron chi connectivity index (χ1n) is 5.60. The lowest BCUT2D eigenvalue weighted by Crippen LogP contribution is -2.12. The maximum absolute atomic E-state index is 10.8. The predicted octanol–water partition coefficient (Wildman–Crippen LogP) is 3.01. The molecule has 19 heavy (non-hydrogen) atoms. The van der Waals surface area contributed by atoms with Gasteiger partial charge in [0.25, 0.3) is 5.88 Å². The lowest BCUT2D eigenvalue weighted by molar-refractivity contribution is 0.209. The zero-order valence-electron chi connectivity index (χ0n) is 10.1. The molecule has 0 aliphatic heterocycles. The van der Waals surface area contributed by atoms with Crippen LogP contribution < -0.4 is 10.1 Å². The van der Waals surface area contributed by atoms with Gasteiger partial charge in [0.15, 0.2) is 5.82 Å². The third-order valence-electron chi connectivity index (χ3n) is 2.31. The standard InChI is InChI=1S/C12H12ClN3O3/c1-2-19-11-9(13)10(14-12(17)18)16(15-11)8-6-4-3-5-7-8/h3-7,14H,2H2,1H3,(H,17,18). The molecule has 0 unspecified atom stereocenters. The fraction of sp³-hybridized carbons (Fsp3) is 0.167. The van der Waals surface area contributed by atoms with Gasteiger partial charge < -0.3 is 9.84 Å². The summed E-state index contributed by atoms with van der Waals surface area (Å²) in [6, 6.07) is 9.05. The number of carbonyl (C=O) groups is 1. The average Bonchev–Trinajstić information content (AvgIpc) is 2.69. The Kier molecular flexibility index (Phi) is 3.91. The number of carboxylic acid groups (broad SMARTS) is 1. The largest absolute Gasteiger partial charge is 0.476 e. The van der Waals surface area contributed by atoms with Crippen molar-refractivity contribution in [1.29, 1.82) is 0 Å². The first kappa shape index (κ1) is 13.2. The Morgan fingerprint density at radius 1 is 1.47 bits per heavy atom. The highest BCUT2D eigenvalue weighted by Gasteiger charge is 2.20. The molecule has 1 amide bonds. The number of rotatable bonds is 4. The number of hydrogen-bond acceptors (Lipinski definition) is 3. The molecular formula is C12H12ClN3O3. The molecule has 1 aromatic heterocycles. The van der Waals surface area contributed by atoms with Crippen molar-refractivity contribution in [3.05, 3.63) is 35.4 Å². The SMILES string of the molecule is CCOc1nn(-c2ccccc2)c(NC(=O)O)c1Cl. The van der Waals surface area contributed by atoms with Crippen molar-refractivity contribution in [2.24, 2.45) is 0 Å². The quantitative estimate of drug-likeness (QED) is 0.903. The van der Waals surface area contributed by atoms with E-state index in [-0.39, 0.29) is 16.7 Å². The molecule has 0 saturated heterocycles. The molecule has 2 N–H and O–H groups in total. The molecule has 0 atom stereocenters. The molecule has 6 nitrogen and oxygen atoms in total. The predicted molar refractivity (Wildman–Crippen MR) is 71.4 cm³/mol. The van der Waals surface area contributed by atoms with Crippen LogP contribution in [-0.4, -0.2) is 27.6 Å². The number of nitrogens with one attached hydrogen (secondary N) is 1. The summed E-state index contributed by atoms with van der Waals surface area (Å²) in [5, 5.41) is 15.4. The summed E-state index contributed by atoms with van der Waals surface area (Å²) in [6.45, 7) is 2.18. The monoisotopic (exact) mass is 281 g/mol. The van der Waals surface area contributed by atoms with Gasteiger partial charge in [0.1, 0.15) is 5.02 Å². The van der Waals surface area contributed by atoms with Gasteiger partial charge in [-0.1, -0.05) is 29.8 Å². The third-order valence-corrected chi connectivity index (χ3v) is 2.65. The maximum Gasteiger partial charge on any atom is 0.410 e. The van der Waals surface area contributed by atoms with Crippen LogP contribution in [0.3, 0.4) is 0 Å². The van der Waals surface area contributed by atoms with Crippen molar-refractivity contribution in [1.82, 2.24) is 9.78 Å². The number of ether oxygens (including phenoxy) is 1. The molecule has 2 aromatic rings. The van der Waals surface area contributed by atoms with Crippen LogP contribution in [0.2, 0.25) is 5.02 Å². The molecule has 1 heterocycles. The van der Waals surface area contributed by atoms with Crippen LogP contribution in [0.25, 0.3) is 5.69 Å². The van der Waals surface area contributed by atoms with Crippen LogP contribution >= 0.6 is 11.6 Å².